The van der Waals surface area contributed by atoms with Gasteiger partial charge in [0.15, 0.2) is 0 Å². The molecule has 0 aliphatic carbocycles. The van der Waals surface area contributed by atoms with Gasteiger partial charge in [0.1, 0.15) is 0 Å². The van der Waals surface area contributed by atoms with Crippen molar-refractivity contribution in [3.63, 3.8) is 0 Å². The number of benzene rings is 1. The molecule has 1 fully saturated rings. The first-order valence-electron chi connectivity index (χ1n) is 8.40. The van der Waals surface area contributed by atoms with Crippen LogP contribution in [0.2, 0.25) is 0 Å². The quantitative estimate of drug-likeness (QED) is 0.907. The van der Waals surface area contributed by atoms with Crippen molar-refractivity contribution in [3.05, 3.63) is 35.4 Å². The van der Waals surface area contributed by atoms with E-state index < -0.39 is 6.03 Å². The van der Waals surface area contributed by atoms with E-state index in [4.69, 9.17) is 5.73 Å². The molecule has 1 unspecified atom stereocenters. The van der Waals surface area contributed by atoms with Crippen molar-refractivity contribution in [1.82, 2.24) is 9.80 Å². The first kappa shape index (κ1) is 17.3. The minimum absolute atomic E-state index is 0.131. The number of likely N-dealkylation sites (tertiary alicyclic amines) is 1. The summed E-state index contributed by atoms with van der Waals surface area (Å²) in [5.41, 5.74) is 7.72. The molecule has 23 heavy (non-hydrogen) atoms. The molecule has 5 heteroatoms. The summed E-state index contributed by atoms with van der Waals surface area (Å²) >= 11 is 0. The molecule has 1 aliphatic heterocycles. The predicted molar refractivity (Wildman–Crippen MR) is 90.8 cm³/mol. The maximum Gasteiger partial charge on any atom is 0.314 e. The highest BCUT2D eigenvalue weighted by Crippen LogP contribution is 2.20. The van der Waals surface area contributed by atoms with E-state index in [2.05, 4.69) is 38.1 Å². The third-order valence-electron chi connectivity index (χ3n) is 4.38. The van der Waals surface area contributed by atoms with Gasteiger partial charge in [-0.1, -0.05) is 36.8 Å². The van der Waals surface area contributed by atoms with Crippen molar-refractivity contribution in [2.75, 3.05) is 19.6 Å². The number of nitrogens with zero attached hydrogens (tertiary/aromatic N) is 2. The maximum absolute atomic E-state index is 12.9. The third kappa shape index (κ3) is 4.71. The second-order valence-corrected chi connectivity index (χ2v) is 6.37. The minimum atomic E-state index is -0.428. The Morgan fingerprint density at radius 3 is 2.61 bits per heavy atom. The van der Waals surface area contributed by atoms with E-state index in [-0.39, 0.29) is 11.8 Å². The molecule has 1 aromatic rings. The van der Waals surface area contributed by atoms with Crippen LogP contribution in [0, 0.1) is 12.8 Å². The molecule has 0 aromatic heterocycles. The van der Waals surface area contributed by atoms with E-state index in [9.17, 15) is 9.59 Å². The monoisotopic (exact) mass is 317 g/mol. The van der Waals surface area contributed by atoms with Crippen LogP contribution in [0.3, 0.4) is 0 Å². The molecule has 0 saturated carbocycles. The Hall–Kier alpha value is -2.04. The topological polar surface area (TPSA) is 66.6 Å². The van der Waals surface area contributed by atoms with Gasteiger partial charge < -0.3 is 15.5 Å². The summed E-state index contributed by atoms with van der Waals surface area (Å²) in [5.74, 6) is 0.00613. The smallest absolute Gasteiger partial charge is 0.314 e. The lowest BCUT2D eigenvalue weighted by molar-refractivity contribution is -0.137. The summed E-state index contributed by atoms with van der Waals surface area (Å²) in [4.78, 5) is 27.7. The van der Waals surface area contributed by atoms with Crippen LogP contribution in [-0.2, 0) is 11.3 Å². The first-order chi connectivity index (χ1) is 11.0. The van der Waals surface area contributed by atoms with E-state index in [1.807, 2.05) is 4.90 Å². The Morgan fingerprint density at radius 1 is 1.30 bits per heavy atom. The van der Waals surface area contributed by atoms with Crippen LogP contribution in [0.15, 0.2) is 24.3 Å². The van der Waals surface area contributed by atoms with Gasteiger partial charge in [0, 0.05) is 26.2 Å². The van der Waals surface area contributed by atoms with E-state index in [0.717, 1.165) is 31.4 Å². The highest BCUT2D eigenvalue weighted by atomic mass is 16.2. The van der Waals surface area contributed by atoms with Gasteiger partial charge in [0.2, 0.25) is 5.91 Å². The molecule has 3 amide bonds. The van der Waals surface area contributed by atoms with Crippen molar-refractivity contribution in [2.45, 2.75) is 39.7 Å². The van der Waals surface area contributed by atoms with Crippen LogP contribution < -0.4 is 5.73 Å². The number of carbonyl (C=O) groups is 2. The summed E-state index contributed by atoms with van der Waals surface area (Å²) < 4.78 is 0. The van der Waals surface area contributed by atoms with E-state index in [1.54, 1.807) is 4.90 Å². The van der Waals surface area contributed by atoms with Crippen LogP contribution in [0.4, 0.5) is 4.79 Å². The van der Waals surface area contributed by atoms with Gasteiger partial charge in [-0.3, -0.25) is 4.79 Å². The van der Waals surface area contributed by atoms with Gasteiger partial charge >= 0.3 is 6.03 Å². The summed E-state index contributed by atoms with van der Waals surface area (Å²) in [5, 5.41) is 0. The normalized spacial score (nSPS) is 17.8. The summed E-state index contributed by atoms with van der Waals surface area (Å²) in [6.07, 6.45) is 2.59. The number of amides is 3. The zero-order valence-corrected chi connectivity index (χ0v) is 14.1. The number of rotatable bonds is 5. The Kier molecular flexibility index (Phi) is 6.02. The average Bonchev–Trinajstić information content (AvgIpc) is 2.56. The summed E-state index contributed by atoms with van der Waals surface area (Å²) in [7, 11) is 0. The lowest BCUT2D eigenvalue weighted by Crippen LogP contribution is -2.48. The largest absolute Gasteiger partial charge is 0.351 e. The van der Waals surface area contributed by atoms with Crippen molar-refractivity contribution < 1.29 is 9.59 Å². The van der Waals surface area contributed by atoms with Gasteiger partial charge in [-0.05, 0) is 31.7 Å². The van der Waals surface area contributed by atoms with Crippen molar-refractivity contribution in [1.29, 1.82) is 0 Å². The number of urea groups is 1. The molecule has 1 aromatic carbocycles. The van der Waals surface area contributed by atoms with Crippen LogP contribution in [-0.4, -0.2) is 41.4 Å². The van der Waals surface area contributed by atoms with Gasteiger partial charge in [0.25, 0.3) is 0 Å². The van der Waals surface area contributed by atoms with Crippen molar-refractivity contribution in [2.24, 2.45) is 11.7 Å². The Labute approximate surface area is 138 Å². The van der Waals surface area contributed by atoms with Gasteiger partial charge in [-0.2, -0.15) is 0 Å². The molecule has 2 rings (SSSR count). The number of piperidine rings is 1. The van der Waals surface area contributed by atoms with Crippen molar-refractivity contribution in [3.8, 4) is 0 Å². The number of nitrogens with two attached hydrogens (primary N) is 1. The molecule has 0 spiro atoms. The fraction of sp³-hybridized carbons (Fsp3) is 0.556. The molecule has 1 heterocycles. The molecule has 1 saturated heterocycles. The SMILES string of the molecule is CCCN(Cc1ccc(C)cc1)C(=O)C1CCCN(C(N)=O)C1. The van der Waals surface area contributed by atoms with Crippen molar-refractivity contribution >= 4 is 11.9 Å². The summed E-state index contributed by atoms with van der Waals surface area (Å²) in [6.45, 7) is 6.60. The van der Waals surface area contributed by atoms with E-state index in [0.29, 0.717) is 19.6 Å². The average molecular weight is 317 g/mol. The fourth-order valence-electron chi connectivity index (χ4n) is 3.09. The van der Waals surface area contributed by atoms with Crippen LogP contribution in [0.1, 0.15) is 37.3 Å². The number of hydrogen-bond donors (Lipinski definition) is 1. The van der Waals surface area contributed by atoms with Crippen LogP contribution >= 0.6 is 0 Å². The van der Waals surface area contributed by atoms with Gasteiger partial charge in [-0.15, -0.1) is 0 Å². The molecule has 1 atom stereocenters. The molecule has 0 radical (unpaired) electrons. The maximum atomic E-state index is 12.9. The number of carbonyl (C=O) groups excluding carboxylic acids is 2. The highest BCUT2D eigenvalue weighted by Gasteiger charge is 2.30. The fourth-order valence-corrected chi connectivity index (χ4v) is 3.09. The van der Waals surface area contributed by atoms with E-state index >= 15 is 0 Å². The van der Waals surface area contributed by atoms with Crippen LogP contribution in [0.5, 0.6) is 0 Å². The zero-order valence-electron chi connectivity index (χ0n) is 14.1. The lowest BCUT2D eigenvalue weighted by atomic mass is 9.96. The molecular formula is C18H27N3O2. The molecule has 2 N–H and O–H groups in total. The number of hydrogen-bond acceptors (Lipinski definition) is 2. The molecule has 126 valence electrons. The lowest BCUT2D eigenvalue weighted by Gasteiger charge is -2.34. The summed E-state index contributed by atoms with van der Waals surface area (Å²) in [6, 6.07) is 7.85. The first-order valence-corrected chi connectivity index (χ1v) is 8.40. The molecule has 5 nitrogen and oxygen atoms in total. The minimum Gasteiger partial charge on any atom is -0.351 e. The predicted octanol–water partition coefficient (Wildman–Crippen LogP) is 2.52. The molecular weight excluding hydrogens is 290 g/mol. The van der Waals surface area contributed by atoms with E-state index in [1.165, 1.54) is 5.56 Å². The number of aryl methyl sites for hydroxylation is 1. The Morgan fingerprint density at radius 2 is 2.00 bits per heavy atom. The zero-order chi connectivity index (χ0) is 16.8. The Balaban J connectivity index is 2.05. The molecule has 1 aliphatic rings. The second-order valence-electron chi connectivity index (χ2n) is 6.37. The second kappa shape index (κ2) is 7.99. The number of primary amides is 1. The molecule has 0 bridgehead atoms. The highest BCUT2D eigenvalue weighted by molar-refractivity contribution is 5.80. The third-order valence-corrected chi connectivity index (χ3v) is 4.38. The van der Waals surface area contributed by atoms with Crippen LogP contribution in [0.25, 0.3) is 0 Å². The van der Waals surface area contributed by atoms with Gasteiger partial charge in [-0.25, -0.2) is 4.79 Å². The van der Waals surface area contributed by atoms with Gasteiger partial charge in [0.05, 0.1) is 5.92 Å². The Bertz CT molecular complexity index is 542. The standard InChI is InChI=1S/C18H27N3O2/c1-3-10-20(12-15-8-6-14(2)7-9-15)17(22)16-5-4-11-21(13-16)18(19)23/h6-9,16H,3-5,10-13H2,1-2H3,(H2,19,23).